The van der Waals surface area contributed by atoms with Gasteiger partial charge in [-0.2, -0.15) is 0 Å². The van der Waals surface area contributed by atoms with Crippen LogP contribution >= 0.6 is 0 Å². The van der Waals surface area contributed by atoms with Crippen molar-refractivity contribution in [3.63, 3.8) is 0 Å². The summed E-state index contributed by atoms with van der Waals surface area (Å²) in [5.41, 5.74) is 13.8. The van der Waals surface area contributed by atoms with Crippen molar-refractivity contribution in [2.24, 2.45) is 0 Å². The summed E-state index contributed by atoms with van der Waals surface area (Å²) in [4.78, 5) is 9.38. The number of aromatic nitrogens is 2. The average molecular weight is 600 g/mol. The molecule has 1 radical (unpaired) electrons. The van der Waals surface area contributed by atoms with Gasteiger partial charge in [0.1, 0.15) is 11.5 Å². The first-order chi connectivity index (χ1) is 22.7. The lowest BCUT2D eigenvalue weighted by Crippen LogP contribution is -2.02. The Morgan fingerprint density at radius 3 is 1.98 bits per heavy atom. The van der Waals surface area contributed by atoms with Crippen LogP contribution in [0.15, 0.2) is 116 Å². The van der Waals surface area contributed by atoms with Gasteiger partial charge in [0, 0.05) is 29.7 Å². The van der Waals surface area contributed by atoms with E-state index >= 15 is 0 Å². The summed E-state index contributed by atoms with van der Waals surface area (Å²) in [5, 5.41) is 0. The largest absolute Gasteiger partial charge is 0.497 e. The molecule has 2 aliphatic rings. The highest BCUT2D eigenvalue weighted by atomic mass is 16.5. The van der Waals surface area contributed by atoms with Crippen LogP contribution in [0.3, 0.4) is 0 Å². The van der Waals surface area contributed by atoms with Gasteiger partial charge in [0.05, 0.1) is 19.9 Å². The van der Waals surface area contributed by atoms with E-state index in [2.05, 4.69) is 77.8 Å². The first kappa shape index (κ1) is 28.3. The standard InChI is InChI=1S/C42H35N2O2/c1-45-33-18-16-29(17-19-33)36-25-38(35-21-20-34(46-2)24-37(35)39-7-3-4-23-44-39)40(30-12-10-28(11-13-30)27-8-9-27)42(31-14-15-31)41(36)32-6-5-22-43-26-32/h3-7,10-13,16-24,26-27,31H,8-9,14-15H2,1-2H3. The third-order valence-corrected chi connectivity index (χ3v) is 9.29. The molecule has 2 fully saturated rings. The smallest absolute Gasteiger partial charge is 0.119 e. The summed E-state index contributed by atoms with van der Waals surface area (Å²) >= 11 is 0. The van der Waals surface area contributed by atoms with Crippen molar-refractivity contribution >= 4 is 0 Å². The van der Waals surface area contributed by atoms with Crippen LogP contribution in [0.4, 0.5) is 0 Å². The van der Waals surface area contributed by atoms with Gasteiger partial charge < -0.3 is 9.47 Å². The first-order valence-electron chi connectivity index (χ1n) is 16.1. The molecular weight excluding hydrogens is 564 g/mol. The Balaban J connectivity index is 1.48. The maximum absolute atomic E-state index is 5.73. The number of rotatable bonds is 9. The van der Waals surface area contributed by atoms with Gasteiger partial charge in [0.25, 0.3) is 0 Å². The monoisotopic (exact) mass is 599 g/mol. The van der Waals surface area contributed by atoms with Gasteiger partial charge in [-0.05, 0) is 142 Å². The molecule has 0 atom stereocenters. The second-order valence-corrected chi connectivity index (χ2v) is 12.3. The molecule has 0 bridgehead atoms. The Morgan fingerprint density at radius 2 is 1.33 bits per heavy atom. The Bertz CT molecular complexity index is 2000. The molecule has 0 unspecified atom stereocenters. The Hall–Kier alpha value is -5.22. The third kappa shape index (κ3) is 5.34. The van der Waals surface area contributed by atoms with Gasteiger partial charge in [0.2, 0.25) is 0 Å². The number of benzene rings is 4. The molecule has 0 spiro atoms. The minimum absolute atomic E-state index is 0.440. The molecule has 4 aromatic carbocycles. The first-order valence-corrected chi connectivity index (χ1v) is 16.1. The van der Waals surface area contributed by atoms with Crippen molar-refractivity contribution in [2.75, 3.05) is 14.2 Å². The van der Waals surface area contributed by atoms with Gasteiger partial charge in [0.15, 0.2) is 0 Å². The van der Waals surface area contributed by atoms with Crippen molar-refractivity contribution in [1.29, 1.82) is 0 Å². The van der Waals surface area contributed by atoms with Gasteiger partial charge in [-0.1, -0.05) is 48.5 Å². The average Bonchev–Trinajstić information content (AvgIpc) is 4.06. The minimum Gasteiger partial charge on any atom is -0.497 e. The SMILES string of the molecule is COc1ccc(-c2[c]c(-c3ccc(OC)cc3-c3ccccn3)c(-c3ccc(C4CC4)cc3)c(C3CC3)c2-c2cccnc2)cc1. The van der Waals surface area contributed by atoms with E-state index in [-0.39, 0.29) is 0 Å². The van der Waals surface area contributed by atoms with Gasteiger partial charge in [-0.25, -0.2) is 0 Å². The van der Waals surface area contributed by atoms with E-state index < -0.39 is 0 Å². The Labute approximate surface area is 270 Å². The van der Waals surface area contributed by atoms with Crippen LogP contribution in [-0.4, -0.2) is 24.2 Å². The summed E-state index contributed by atoms with van der Waals surface area (Å²) in [5.74, 6) is 2.76. The highest BCUT2D eigenvalue weighted by molar-refractivity contribution is 6.01. The highest BCUT2D eigenvalue weighted by Crippen LogP contribution is 2.55. The molecule has 4 nitrogen and oxygen atoms in total. The van der Waals surface area contributed by atoms with Crippen LogP contribution in [0.5, 0.6) is 11.5 Å². The minimum atomic E-state index is 0.440. The van der Waals surface area contributed by atoms with Crippen LogP contribution in [0, 0.1) is 6.07 Å². The number of pyridine rings is 2. The second-order valence-electron chi connectivity index (χ2n) is 12.3. The van der Waals surface area contributed by atoms with Gasteiger partial charge >= 0.3 is 0 Å². The summed E-state index contributed by atoms with van der Waals surface area (Å²) in [6, 6.07) is 38.3. The number of hydrogen-bond acceptors (Lipinski definition) is 4. The zero-order chi connectivity index (χ0) is 31.0. The predicted molar refractivity (Wildman–Crippen MR) is 185 cm³/mol. The topological polar surface area (TPSA) is 44.2 Å². The molecule has 0 aliphatic heterocycles. The summed E-state index contributed by atoms with van der Waals surface area (Å²) in [6.07, 6.45) is 10.6. The lowest BCUT2D eigenvalue weighted by atomic mass is 9.78. The fraction of sp³-hybridized carbons (Fsp3) is 0.190. The van der Waals surface area contributed by atoms with E-state index in [1.165, 1.54) is 40.7 Å². The lowest BCUT2D eigenvalue weighted by molar-refractivity contribution is 0.415. The molecule has 4 heteroatoms. The van der Waals surface area contributed by atoms with Gasteiger partial charge in [-0.15, -0.1) is 0 Å². The van der Waals surface area contributed by atoms with Crippen molar-refractivity contribution in [3.05, 3.63) is 133 Å². The molecule has 0 N–H and O–H groups in total. The molecule has 0 saturated heterocycles. The van der Waals surface area contributed by atoms with Crippen LogP contribution in [0.1, 0.15) is 48.6 Å². The zero-order valence-corrected chi connectivity index (χ0v) is 26.2. The van der Waals surface area contributed by atoms with Crippen molar-refractivity contribution < 1.29 is 9.47 Å². The Morgan fingerprint density at radius 1 is 0.609 bits per heavy atom. The van der Waals surface area contributed by atoms with E-state index in [0.717, 1.165) is 63.4 Å². The molecule has 2 heterocycles. The van der Waals surface area contributed by atoms with Crippen LogP contribution < -0.4 is 9.47 Å². The molecule has 2 aromatic heterocycles. The van der Waals surface area contributed by atoms with Crippen LogP contribution in [0.2, 0.25) is 0 Å². The van der Waals surface area contributed by atoms with Crippen LogP contribution in [0.25, 0.3) is 55.8 Å². The van der Waals surface area contributed by atoms with Crippen molar-refractivity contribution in [3.8, 4) is 67.3 Å². The number of nitrogens with zero attached hydrogens (tertiary/aromatic N) is 2. The number of hydrogen-bond donors (Lipinski definition) is 0. The molecule has 6 aromatic rings. The van der Waals surface area contributed by atoms with Gasteiger partial charge in [-0.3, -0.25) is 9.97 Å². The van der Waals surface area contributed by atoms with E-state index in [9.17, 15) is 0 Å². The maximum Gasteiger partial charge on any atom is 0.119 e. The molecule has 225 valence electrons. The van der Waals surface area contributed by atoms with Crippen molar-refractivity contribution in [1.82, 2.24) is 9.97 Å². The number of methoxy groups -OCH3 is 2. The summed E-state index contributed by atoms with van der Waals surface area (Å²) in [7, 11) is 3.42. The third-order valence-electron chi connectivity index (χ3n) is 9.29. The van der Waals surface area contributed by atoms with E-state index in [0.29, 0.717) is 11.8 Å². The summed E-state index contributed by atoms with van der Waals surface area (Å²) in [6.45, 7) is 0. The van der Waals surface area contributed by atoms with E-state index in [1.54, 1.807) is 14.2 Å². The second kappa shape index (κ2) is 11.9. The lowest BCUT2D eigenvalue weighted by Gasteiger charge is -2.25. The normalized spacial score (nSPS) is 14.2. The number of ether oxygens (including phenoxy) is 2. The molecule has 46 heavy (non-hydrogen) atoms. The maximum atomic E-state index is 5.73. The molecule has 8 rings (SSSR count). The quantitative estimate of drug-likeness (QED) is 0.166. The Kier molecular flexibility index (Phi) is 7.34. The van der Waals surface area contributed by atoms with Crippen LogP contribution in [-0.2, 0) is 0 Å². The van der Waals surface area contributed by atoms with E-state index in [4.69, 9.17) is 14.5 Å². The van der Waals surface area contributed by atoms with Crippen molar-refractivity contribution in [2.45, 2.75) is 37.5 Å². The highest BCUT2D eigenvalue weighted by Gasteiger charge is 2.34. The summed E-state index contributed by atoms with van der Waals surface area (Å²) < 4.78 is 11.3. The molecule has 2 aliphatic carbocycles. The molecule has 0 amide bonds. The zero-order valence-electron chi connectivity index (χ0n) is 26.2. The van der Waals surface area contributed by atoms with E-state index in [1.807, 2.05) is 48.9 Å². The predicted octanol–water partition coefficient (Wildman–Crippen LogP) is 10.4. The fourth-order valence-electron chi connectivity index (χ4n) is 6.65. The molecule has 2 saturated carbocycles. The molecular formula is C42H35N2O2. The fourth-order valence-corrected chi connectivity index (χ4v) is 6.65.